The second-order valence-corrected chi connectivity index (χ2v) is 6.74. The summed E-state index contributed by atoms with van der Waals surface area (Å²) in [5.74, 6) is -0.726. The number of ether oxygens (including phenoxy) is 1. The van der Waals surface area contributed by atoms with E-state index in [4.69, 9.17) is 27.3 Å². The van der Waals surface area contributed by atoms with Gasteiger partial charge in [0.1, 0.15) is 23.3 Å². The lowest BCUT2D eigenvalue weighted by Gasteiger charge is -2.15. The number of benzene rings is 1. The van der Waals surface area contributed by atoms with Gasteiger partial charge in [-0.05, 0) is 23.9 Å². The molecule has 0 aliphatic heterocycles. The summed E-state index contributed by atoms with van der Waals surface area (Å²) in [6.07, 6.45) is -4.69. The van der Waals surface area contributed by atoms with E-state index in [1.807, 2.05) is 0 Å². The number of nitrogens with zero attached hydrogens (tertiary/aromatic N) is 3. The van der Waals surface area contributed by atoms with Crippen molar-refractivity contribution in [1.82, 2.24) is 9.78 Å². The van der Waals surface area contributed by atoms with Crippen LogP contribution >= 0.6 is 23.4 Å². The average Bonchev–Trinajstić information content (AvgIpc) is 2.80. The zero-order valence-corrected chi connectivity index (χ0v) is 14.7. The van der Waals surface area contributed by atoms with E-state index in [2.05, 4.69) is 5.10 Å². The highest BCUT2D eigenvalue weighted by molar-refractivity contribution is 8.00. The number of nitriles is 1. The maximum atomic E-state index is 13.3. The largest absolute Gasteiger partial charge is 0.494 e. The lowest BCUT2D eigenvalue weighted by molar-refractivity contribution is -0.137. The van der Waals surface area contributed by atoms with Gasteiger partial charge >= 0.3 is 6.18 Å². The molecule has 1 aromatic heterocycles. The Balaban J connectivity index is 2.72. The third kappa shape index (κ3) is 3.96. The summed E-state index contributed by atoms with van der Waals surface area (Å²) in [7, 11) is 1.09. The first-order chi connectivity index (χ1) is 11.9. The first-order valence-electron chi connectivity index (χ1n) is 6.69. The zero-order valence-electron chi connectivity index (χ0n) is 13.2. The van der Waals surface area contributed by atoms with Crippen molar-refractivity contribution in [1.29, 1.82) is 5.26 Å². The van der Waals surface area contributed by atoms with Crippen molar-refractivity contribution >= 4 is 29.2 Å². The van der Waals surface area contributed by atoms with Gasteiger partial charge < -0.3 is 10.5 Å². The van der Waals surface area contributed by atoms with Crippen LogP contribution in [0.2, 0.25) is 5.02 Å². The summed E-state index contributed by atoms with van der Waals surface area (Å²) in [6.45, 7) is 0.598. The molecule has 0 radical (unpaired) electrons. The SMILES string of the molecule is COc1cc(C(F)(F)F)cc(Cl)c1-n1nc(C#N)c(SC(C)(F)F)c1N. The van der Waals surface area contributed by atoms with Gasteiger partial charge in [0.05, 0.1) is 22.6 Å². The Hall–Kier alpha value is -2.19. The molecule has 0 atom stereocenters. The summed E-state index contributed by atoms with van der Waals surface area (Å²) in [5, 5.41) is 9.17. The first-order valence-corrected chi connectivity index (χ1v) is 7.89. The van der Waals surface area contributed by atoms with Gasteiger partial charge in [0.25, 0.3) is 5.25 Å². The van der Waals surface area contributed by atoms with Crippen LogP contribution in [0.15, 0.2) is 17.0 Å². The van der Waals surface area contributed by atoms with Gasteiger partial charge in [-0.2, -0.15) is 32.3 Å². The minimum atomic E-state index is -4.69. The molecule has 1 heterocycles. The third-order valence-corrected chi connectivity index (χ3v) is 4.30. The monoisotopic (exact) mass is 412 g/mol. The molecule has 2 aromatic rings. The molecular weight excluding hydrogens is 403 g/mol. The number of nitrogens with two attached hydrogens (primary N) is 1. The first kappa shape index (κ1) is 20.1. The van der Waals surface area contributed by atoms with Gasteiger partial charge in [-0.25, -0.2) is 4.68 Å². The second kappa shape index (κ2) is 6.85. The molecule has 140 valence electrons. The Morgan fingerprint density at radius 3 is 2.38 bits per heavy atom. The predicted octanol–water partition coefficient (Wildman–Crippen LogP) is 4.71. The van der Waals surface area contributed by atoms with Crippen molar-refractivity contribution in [2.45, 2.75) is 23.3 Å². The minimum absolute atomic E-state index is 0.00728. The fraction of sp³-hybridized carbons (Fsp3) is 0.286. The van der Waals surface area contributed by atoms with Crippen molar-refractivity contribution in [3.8, 4) is 17.5 Å². The molecule has 0 saturated carbocycles. The van der Waals surface area contributed by atoms with Crippen LogP contribution in [-0.2, 0) is 6.18 Å². The summed E-state index contributed by atoms with van der Waals surface area (Å²) >= 11 is 5.92. The van der Waals surface area contributed by atoms with Crippen molar-refractivity contribution in [3.63, 3.8) is 0 Å². The highest BCUT2D eigenvalue weighted by Crippen LogP contribution is 2.44. The van der Waals surface area contributed by atoms with Crippen LogP contribution in [-0.4, -0.2) is 22.1 Å². The maximum absolute atomic E-state index is 13.3. The van der Waals surface area contributed by atoms with Crippen LogP contribution in [0.5, 0.6) is 5.75 Å². The lowest BCUT2D eigenvalue weighted by Crippen LogP contribution is -2.10. The number of rotatable bonds is 4. The van der Waals surface area contributed by atoms with Gasteiger partial charge in [0, 0.05) is 6.92 Å². The minimum Gasteiger partial charge on any atom is -0.494 e. The molecule has 1 aromatic carbocycles. The molecule has 0 amide bonds. The molecule has 0 aliphatic carbocycles. The molecule has 2 rings (SSSR count). The van der Waals surface area contributed by atoms with Crippen molar-refractivity contribution in [3.05, 3.63) is 28.4 Å². The van der Waals surface area contributed by atoms with Crippen LogP contribution in [0.1, 0.15) is 18.2 Å². The Bertz CT molecular complexity index is 885. The topological polar surface area (TPSA) is 76.9 Å². The van der Waals surface area contributed by atoms with E-state index in [0.717, 1.165) is 11.8 Å². The lowest BCUT2D eigenvalue weighted by atomic mass is 10.1. The fourth-order valence-electron chi connectivity index (χ4n) is 2.04. The van der Waals surface area contributed by atoms with E-state index in [1.165, 1.54) is 0 Å². The third-order valence-electron chi connectivity index (χ3n) is 3.05. The maximum Gasteiger partial charge on any atom is 0.416 e. The van der Waals surface area contributed by atoms with Crippen LogP contribution in [0.3, 0.4) is 0 Å². The Morgan fingerprint density at radius 2 is 1.92 bits per heavy atom. The van der Waals surface area contributed by atoms with Crippen LogP contribution in [0, 0.1) is 11.3 Å². The molecular formula is C14H10ClF5N4OS. The van der Waals surface area contributed by atoms with Crippen LogP contribution < -0.4 is 10.5 Å². The zero-order chi connectivity index (χ0) is 19.9. The Morgan fingerprint density at radius 1 is 1.31 bits per heavy atom. The molecule has 0 fully saturated rings. The number of methoxy groups -OCH3 is 1. The van der Waals surface area contributed by atoms with Gasteiger partial charge in [0.2, 0.25) is 0 Å². The van der Waals surface area contributed by atoms with Crippen LogP contribution in [0.25, 0.3) is 5.69 Å². The number of thioether (sulfide) groups is 1. The fourth-order valence-corrected chi connectivity index (χ4v) is 3.06. The standard InChI is InChI=1S/C14H10ClF5N4OS/c1-13(16,17)26-11-8(5-21)23-24(12(11)22)10-7(15)3-6(14(18,19)20)4-9(10)25-2/h3-4H,22H2,1-2H3. The summed E-state index contributed by atoms with van der Waals surface area (Å²) in [6, 6.07) is 2.89. The molecule has 0 aliphatic rings. The summed E-state index contributed by atoms with van der Waals surface area (Å²) in [4.78, 5) is -0.321. The smallest absolute Gasteiger partial charge is 0.416 e. The number of hydrogen-bond acceptors (Lipinski definition) is 5. The van der Waals surface area contributed by atoms with Crippen molar-refractivity contribution in [2.24, 2.45) is 0 Å². The van der Waals surface area contributed by atoms with Gasteiger partial charge in [-0.1, -0.05) is 11.6 Å². The molecule has 0 unspecified atom stereocenters. The van der Waals surface area contributed by atoms with E-state index in [9.17, 15) is 22.0 Å². The number of alkyl halides is 5. The number of halogens is 6. The van der Waals surface area contributed by atoms with Gasteiger partial charge in [-0.15, -0.1) is 0 Å². The van der Waals surface area contributed by atoms with E-state index in [-0.39, 0.29) is 33.9 Å². The number of aromatic nitrogens is 2. The summed E-state index contributed by atoms with van der Waals surface area (Å²) in [5.41, 5.74) is 4.08. The second-order valence-electron chi connectivity index (χ2n) is 5.00. The Labute approximate surface area is 153 Å². The van der Waals surface area contributed by atoms with Gasteiger partial charge in [-0.3, -0.25) is 0 Å². The number of nitrogen functional groups attached to an aromatic ring is 1. The molecule has 0 saturated heterocycles. The van der Waals surface area contributed by atoms with Crippen LogP contribution in [0.4, 0.5) is 27.8 Å². The highest BCUT2D eigenvalue weighted by Gasteiger charge is 2.34. The molecule has 0 spiro atoms. The number of anilines is 1. The number of hydrogen-bond donors (Lipinski definition) is 1. The van der Waals surface area contributed by atoms with E-state index >= 15 is 0 Å². The highest BCUT2D eigenvalue weighted by atomic mass is 35.5. The van der Waals surface area contributed by atoms with Gasteiger partial charge in [0.15, 0.2) is 5.69 Å². The molecule has 12 heteroatoms. The summed E-state index contributed by atoms with van der Waals surface area (Å²) < 4.78 is 71.1. The van der Waals surface area contributed by atoms with Crippen molar-refractivity contribution < 1.29 is 26.7 Å². The quantitative estimate of drug-likeness (QED) is 0.581. The van der Waals surface area contributed by atoms with Crippen molar-refractivity contribution in [2.75, 3.05) is 12.8 Å². The molecule has 0 bridgehead atoms. The van der Waals surface area contributed by atoms with E-state index < -0.39 is 27.7 Å². The molecule has 26 heavy (non-hydrogen) atoms. The molecule has 5 nitrogen and oxygen atoms in total. The van der Waals surface area contributed by atoms with E-state index in [1.54, 1.807) is 6.07 Å². The predicted molar refractivity (Wildman–Crippen MR) is 85.7 cm³/mol. The molecule has 2 N–H and O–H groups in total. The average molecular weight is 413 g/mol. The van der Waals surface area contributed by atoms with E-state index in [0.29, 0.717) is 19.1 Å². The normalized spacial score (nSPS) is 12.1. The Kier molecular flexibility index (Phi) is 5.30.